The Morgan fingerprint density at radius 2 is 1.87 bits per heavy atom. The summed E-state index contributed by atoms with van der Waals surface area (Å²) in [5, 5.41) is 32.1. The number of amides is 2. The van der Waals surface area contributed by atoms with Crippen molar-refractivity contribution in [2.45, 2.75) is 32.5 Å². The van der Waals surface area contributed by atoms with Gasteiger partial charge < -0.3 is 26.6 Å². The fourth-order valence-corrected chi connectivity index (χ4v) is 4.65. The van der Waals surface area contributed by atoms with Crippen molar-refractivity contribution < 1.29 is 28.6 Å². The topological polar surface area (TPSA) is 168 Å². The largest absolute Gasteiger partial charge is 0.465 e. The monoisotopic (exact) mass is 543 g/mol. The van der Waals surface area contributed by atoms with Crippen LogP contribution in [-0.4, -0.2) is 42.2 Å². The van der Waals surface area contributed by atoms with Crippen molar-refractivity contribution >= 4 is 34.2 Å². The predicted molar refractivity (Wildman–Crippen MR) is 135 cm³/mol. The second kappa shape index (κ2) is 10.5. The van der Waals surface area contributed by atoms with E-state index in [1.165, 1.54) is 24.6 Å². The number of benzene rings is 1. The summed E-state index contributed by atoms with van der Waals surface area (Å²) in [5.41, 5.74) is 4.81. The van der Waals surface area contributed by atoms with Crippen molar-refractivity contribution in [3.8, 4) is 10.4 Å². The maximum atomic E-state index is 14.9. The van der Waals surface area contributed by atoms with E-state index in [9.17, 15) is 23.5 Å². The molecule has 0 aliphatic carbocycles. The maximum Gasteiger partial charge on any atom is 0.404 e. The molecule has 14 heteroatoms. The quantitative estimate of drug-likeness (QED) is 0.213. The number of nitrogens with two attached hydrogens (primary N) is 1. The van der Waals surface area contributed by atoms with Gasteiger partial charge in [-0.3, -0.25) is 4.79 Å². The van der Waals surface area contributed by atoms with E-state index in [0.29, 0.717) is 17.2 Å². The average molecular weight is 544 g/mol. The predicted octanol–water partition coefficient (Wildman–Crippen LogP) is 3.57. The first-order valence-corrected chi connectivity index (χ1v) is 12.0. The van der Waals surface area contributed by atoms with Gasteiger partial charge in [-0.1, -0.05) is 11.3 Å². The molecule has 1 aromatic carbocycles. The molecule has 0 radical (unpaired) electrons. The normalized spacial score (nSPS) is 11.4. The van der Waals surface area contributed by atoms with Gasteiger partial charge in [-0.15, -0.1) is 16.4 Å². The van der Waals surface area contributed by atoms with Crippen molar-refractivity contribution in [3.05, 3.63) is 76.7 Å². The third kappa shape index (κ3) is 6.10. The van der Waals surface area contributed by atoms with E-state index in [2.05, 4.69) is 25.9 Å². The Bertz CT molecular complexity index is 1490. The number of hydrogen-bond donors (Lipinski definition) is 5. The first-order valence-electron chi connectivity index (χ1n) is 11.2. The number of rotatable bonds is 9. The van der Waals surface area contributed by atoms with E-state index in [-0.39, 0.29) is 39.7 Å². The summed E-state index contributed by atoms with van der Waals surface area (Å²) in [4.78, 5) is 27.3. The number of carboxylic acid groups (broad SMARTS) is 1. The number of anilines is 2. The van der Waals surface area contributed by atoms with Gasteiger partial charge in [-0.25, -0.2) is 23.2 Å². The summed E-state index contributed by atoms with van der Waals surface area (Å²) in [6.07, 6.45) is 0.393. The van der Waals surface area contributed by atoms with Gasteiger partial charge in [0.1, 0.15) is 28.1 Å². The highest BCUT2D eigenvalue weighted by molar-refractivity contribution is 7.20. The van der Waals surface area contributed by atoms with E-state index < -0.39 is 29.2 Å². The number of carbonyl (C=O) groups is 2. The van der Waals surface area contributed by atoms with Crippen LogP contribution in [-0.2, 0) is 18.7 Å². The van der Waals surface area contributed by atoms with E-state index in [0.717, 1.165) is 23.5 Å². The molecule has 0 bridgehead atoms. The van der Waals surface area contributed by atoms with Crippen molar-refractivity contribution in [3.63, 3.8) is 0 Å². The molecule has 0 fully saturated rings. The SMILES string of the molecule is CC(C)(O)c1cc(F)c(-c2cc(C(N)=O)c(Nc3cccc(Cn4cc(CNC(=O)O)nn4)n3)s2)c(F)c1. The average Bonchev–Trinajstić information content (AvgIpc) is 3.44. The molecule has 4 rings (SSSR count). The fourth-order valence-electron chi connectivity index (χ4n) is 3.53. The second-order valence-electron chi connectivity index (χ2n) is 8.80. The van der Waals surface area contributed by atoms with Crippen LogP contribution in [0.1, 0.15) is 41.2 Å². The molecule has 6 N–H and O–H groups in total. The zero-order valence-corrected chi connectivity index (χ0v) is 21.0. The minimum Gasteiger partial charge on any atom is -0.465 e. The van der Waals surface area contributed by atoms with Crippen LogP contribution >= 0.6 is 11.3 Å². The van der Waals surface area contributed by atoms with Crippen LogP contribution in [0.4, 0.5) is 24.4 Å². The van der Waals surface area contributed by atoms with Crippen LogP contribution in [0.5, 0.6) is 0 Å². The highest BCUT2D eigenvalue weighted by Crippen LogP contribution is 2.40. The molecule has 0 unspecified atom stereocenters. The summed E-state index contributed by atoms with van der Waals surface area (Å²) in [7, 11) is 0. The summed E-state index contributed by atoms with van der Waals surface area (Å²) >= 11 is 0.921. The summed E-state index contributed by atoms with van der Waals surface area (Å²) in [6, 6.07) is 8.47. The smallest absolute Gasteiger partial charge is 0.404 e. The Hall–Kier alpha value is -4.43. The Labute approximate surface area is 218 Å². The molecule has 0 atom stereocenters. The number of aromatic nitrogens is 4. The molecule has 2 amide bonds. The zero-order valence-electron chi connectivity index (χ0n) is 20.2. The molecule has 3 heterocycles. The molecule has 4 aromatic rings. The number of hydrogen-bond acceptors (Lipinski definition) is 8. The van der Waals surface area contributed by atoms with Crippen molar-refractivity contribution in [1.82, 2.24) is 25.3 Å². The van der Waals surface area contributed by atoms with Gasteiger partial charge in [0.05, 0.1) is 41.7 Å². The minimum absolute atomic E-state index is 0.00262. The van der Waals surface area contributed by atoms with Gasteiger partial charge in [-0.2, -0.15) is 0 Å². The molecule has 0 aliphatic heterocycles. The van der Waals surface area contributed by atoms with Crippen molar-refractivity contribution in [2.24, 2.45) is 5.73 Å². The van der Waals surface area contributed by atoms with E-state index >= 15 is 0 Å². The molecule has 38 heavy (non-hydrogen) atoms. The number of nitrogens with zero attached hydrogens (tertiary/aromatic N) is 4. The van der Waals surface area contributed by atoms with Gasteiger partial charge in [0.25, 0.3) is 5.91 Å². The van der Waals surface area contributed by atoms with Crippen molar-refractivity contribution in [1.29, 1.82) is 0 Å². The molecular weight excluding hydrogens is 520 g/mol. The molecule has 0 spiro atoms. The lowest BCUT2D eigenvalue weighted by Gasteiger charge is -2.18. The van der Waals surface area contributed by atoms with Crippen LogP contribution < -0.4 is 16.4 Å². The lowest BCUT2D eigenvalue weighted by atomic mass is 9.96. The molecule has 0 saturated carbocycles. The number of aliphatic hydroxyl groups is 1. The van der Waals surface area contributed by atoms with Crippen LogP contribution in [0.2, 0.25) is 0 Å². The fraction of sp³-hybridized carbons (Fsp3) is 0.208. The second-order valence-corrected chi connectivity index (χ2v) is 9.85. The number of nitrogens with one attached hydrogen (secondary N) is 2. The first-order chi connectivity index (χ1) is 17.9. The Morgan fingerprint density at radius 1 is 1.16 bits per heavy atom. The Morgan fingerprint density at radius 3 is 2.50 bits per heavy atom. The molecule has 11 nitrogen and oxygen atoms in total. The van der Waals surface area contributed by atoms with Gasteiger partial charge in [0.15, 0.2) is 0 Å². The summed E-state index contributed by atoms with van der Waals surface area (Å²) < 4.78 is 31.3. The third-order valence-electron chi connectivity index (χ3n) is 5.37. The lowest BCUT2D eigenvalue weighted by molar-refractivity contribution is 0.0778. The number of carbonyl (C=O) groups excluding carboxylic acids is 1. The van der Waals surface area contributed by atoms with Crippen LogP contribution in [0.25, 0.3) is 10.4 Å². The van der Waals surface area contributed by atoms with E-state index in [1.54, 1.807) is 24.4 Å². The van der Waals surface area contributed by atoms with Crippen LogP contribution in [0.3, 0.4) is 0 Å². The molecule has 0 saturated heterocycles. The number of thiophene rings is 1. The van der Waals surface area contributed by atoms with E-state index in [1.807, 2.05) is 0 Å². The highest BCUT2D eigenvalue weighted by Gasteiger charge is 2.24. The summed E-state index contributed by atoms with van der Waals surface area (Å²) in [6.45, 7) is 3.05. The van der Waals surface area contributed by atoms with Gasteiger partial charge in [0, 0.05) is 4.88 Å². The highest BCUT2D eigenvalue weighted by atomic mass is 32.1. The van der Waals surface area contributed by atoms with Gasteiger partial charge in [-0.05, 0) is 49.7 Å². The molecule has 198 valence electrons. The van der Waals surface area contributed by atoms with Gasteiger partial charge >= 0.3 is 6.09 Å². The summed E-state index contributed by atoms with van der Waals surface area (Å²) in [5.74, 6) is -2.25. The Balaban J connectivity index is 1.58. The van der Waals surface area contributed by atoms with Crippen LogP contribution in [0.15, 0.2) is 42.6 Å². The van der Waals surface area contributed by atoms with Crippen molar-refractivity contribution in [2.75, 3.05) is 5.32 Å². The third-order valence-corrected chi connectivity index (χ3v) is 6.44. The minimum atomic E-state index is -1.44. The van der Waals surface area contributed by atoms with Crippen LogP contribution in [0, 0.1) is 11.6 Å². The molecule has 0 aliphatic rings. The number of primary amides is 1. The number of pyridine rings is 1. The van der Waals surface area contributed by atoms with E-state index in [4.69, 9.17) is 10.8 Å². The first kappa shape index (κ1) is 26.6. The molecular formula is C24H23F2N7O4S. The lowest BCUT2D eigenvalue weighted by Crippen LogP contribution is -2.20. The molecule has 3 aromatic heterocycles. The standard InChI is InChI=1S/C24H23F2N7O4S/c1-24(2,37)12-6-16(25)20(17(26)7-12)18-8-15(21(27)34)22(38-18)30-19-5-3-4-13(29-19)10-33-11-14(31-32-33)9-28-23(35)36/h3-8,11,28,37H,9-10H2,1-2H3,(H2,27,34)(H,29,30)(H,35,36). The number of halogens is 2. The Kier molecular flexibility index (Phi) is 7.37. The maximum absolute atomic E-state index is 14.9. The zero-order chi connectivity index (χ0) is 27.6. The van der Waals surface area contributed by atoms with Gasteiger partial charge in [0.2, 0.25) is 0 Å².